The molecule has 168 valence electrons. The molecule has 3 amide bonds. The van der Waals surface area contributed by atoms with Gasteiger partial charge in [0.25, 0.3) is 11.8 Å². The molecule has 4 rings (SSSR count). The van der Waals surface area contributed by atoms with Gasteiger partial charge in [-0.2, -0.15) is 5.10 Å². The molecule has 2 aromatic heterocycles. The van der Waals surface area contributed by atoms with Crippen molar-refractivity contribution >= 4 is 35.0 Å². The van der Waals surface area contributed by atoms with E-state index >= 15 is 0 Å². The van der Waals surface area contributed by atoms with Crippen molar-refractivity contribution in [1.29, 1.82) is 0 Å². The molecular weight excluding hydrogens is 446 g/mol. The molecule has 9 nitrogen and oxygen atoms in total. The second-order valence-electron chi connectivity index (χ2n) is 7.36. The van der Waals surface area contributed by atoms with E-state index in [1.54, 1.807) is 49.5 Å². The average molecular weight is 466 g/mol. The van der Waals surface area contributed by atoms with Crippen molar-refractivity contribution in [2.24, 2.45) is 5.10 Å². The molecular formula is C23H20ClN5O4. The Bertz CT molecular complexity index is 1240. The normalized spacial score (nSPS) is 13.8. The predicted molar refractivity (Wildman–Crippen MR) is 121 cm³/mol. The van der Waals surface area contributed by atoms with Gasteiger partial charge < -0.3 is 4.42 Å². The van der Waals surface area contributed by atoms with Gasteiger partial charge in [0.15, 0.2) is 5.76 Å². The van der Waals surface area contributed by atoms with Crippen LogP contribution in [0.5, 0.6) is 0 Å². The summed E-state index contributed by atoms with van der Waals surface area (Å²) in [6, 6.07) is 9.55. The molecule has 10 heteroatoms. The van der Waals surface area contributed by atoms with Crippen molar-refractivity contribution in [2.75, 3.05) is 0 Å². The molecule has 1 aromatic carbocycles. The van der Waals surface area contributed by atoms with Crippen LogP contribution >= 0.6 is 11.6 Å². The first-order chi connectivity index (χ1) is 15.9. The van der Waals surface area contributed by atoms with Crippen LogP contribution in [0.25, 0.3) is 0 Å². The van der Waals surface area contributed by atoms with E-state index < -0.39 is 11.8 Å². The number of rotatable bonds is 4. The SMILES string of the molecule is Cc1c(C(=O)NNC(=O)c2ccc(Cl)cc2)oc2c1/C(=N/NC(=O)c1cccnc1)CCC2. The van der Waals surface area contributed by atoms with Crippen LogP contribution in [0.1, 0.15) is 61.0 Å². The summed E-state index contributed by atoms with van der Waals surface area (Å²) in [6.07, 6.45) is 5.04. The van der Waals surface area contributed by atoms with E-state index in [0.29, 0.717) is 51.6 Å². The number of amides is 3. The van der Waals surface area contributed by atoms with E-state index in [1.165, 1.54) is 6.20 Å². The lowest BCUT2D eigenvalue weighted by Crippen LogP contribution is -2.41. The Morgan fingerprint density at radius 1 is 1.00 bits per heavy atom. The number of hydrazine groups is 1. The Morgan fingerprint density at radius 2 is 1.76 bits per heavy atom. The maximum Gasteiger partial charge on any atom is 0.305 e. The molecule has 0 aliphatic heterocycles. The highest BCUT2D eigenvalue weighted by Crippen LogP contribution is 2.29. The fourth-order valence-corrected chi connectivity index (χ4v) is 3.65. The molecule has 3 aromatic rings. The summed E-state index contributed by atoms with van der Waals surface area (Å²) in [6.45, 7) is 1.74. The zero-order valence-electron chi connectivity index (χ0n) is 17.6. The van der Waals surface area contributed by atoms with E-state index in [9.17, 15) is 14.4 Å². The number of carbonyl (C=O) groups excluding carboxylic acids is 3. The van der Waals surface area contributed by atoms with Crippen LogP contribution in [-0.2, 0) is 6.42 Å². The highest BCUT2D eigenvalue weighted by molar-refractivity contribution is 6.30. The molecule has 2 heterocycles. The second-order valence-corrected chi connectivity index (χ2v) is 7.80. The maximum atomic E-state index is 12.7. The number of aryl methyl sites for hydroxylation is 1. The van der Waals surface area contributed by atoms with Crippen molar-refractivity contribution in [2.45, 2.75) is 26.2 Å². The number of hydrogen-bond acceptors (Lipinski definition) is 6. The number of benzene rings is 1. The third kappa shape index (κ3) is 4.93. The molecule has 1 aliphatic carbocycles. The molecule has 0 spiro atoms. The fourth-order valence-electron chi connectivity index (χ4n) is 3.52. The Labute approximate surface area is 194 Å². The monoisotopic (exact) mass is 465 g/mol. The van der Waals surface area contributed by atoms with Gasteiger partial charge in [-0.1, -0.05) is 11.6 Å². The highest BCUT2D eigenvalue weighted by atomic mass is 35.5. The Morgan fingerprint density at radius 3 is 2.48 bits per heavy atom. The number of furan rings is 1. The molecule has 3 N–H and O–H groups in total. The quantitative estimate of drug-likeness (QED) is 0.510. The molecule has 0 radical (unpaired) electrons. The number of nitrogens with zero attached hydrogens (tertiary/aromatic N) is 2. The predicted octanol–water partition coefficient (Wildman–Crippen LogP) is 3.18. The third-order valence-electron chi connectivity index (χ3n) is 5.14. The molecule has 0 bridgehead atoms. The standard InChI is InChI=1S/C23H20ClN5O4/c1-13-19-17(26-27-22(31)15-4-3-11-25-12-15)5-2-6-18(19)33-20(13)23(32)29-28-21(30)14-7-9-16(24)10-8-14/h3-4,7-12H,2,5-6H2,1H3,(H,27,31)(H,28,30)(H,29,32)/b26-17+. The number of carbonyl (C=O) groups is 3. The van der Waals surface area contributed by atoms with Crippen molar-refractivity contribution in [3.8, 4) is 0 Å². The van der Waals surface area contributed by atoms with E-state index in [4.69, 9.17) is 16.0 Å². The number of hydrazone groups is 1. The topological polar surface area (TPSA) is 126 Å². The molecule has 0 saturated carbocycles. The lowest BCUT2D eigenvalue weighted by atomic mass is 9.93. The maximum absolute atomic E-state index is 12.7. The number of aromatic nitrogens is 1. The summed E-state index contributed by atoms with van der Waals surface area (Å²) in [7, 11) is 0. The van der Waals surface area contributed by atoms with Gasteiger partial charge in [-0.05, 0) is 56.2 Å². The van der Waals surface area contributed by atoms with Gasteiger partial charge in [0, 0.05) is 40.5 Å². The van der Waals surface area contributed by atoms with Gasteiger partial charge in [0.2, 0.25) is 0 Å². The highest BCUT2D eigenvalue weighted by Gasteiger charge is 2.28. The van der Waals surface area contributed by atoms with Gasteiger partial charge in [-0.25, -0.2) is 5.43 Å². The summed E-state index contributed by atoms with van der Waals surface area (Å²) < 4.78 is 5.79. The molecule has 1 aliphatic rings. The summed E-state index contributed by atoms with van der Waals surface area (Å²) in [5.74, 6) is -0.782. The van der Waals surface area contributed by atoms with Crippen LogP contribution in [0.4, 0.5) is 0 Å². The van der Waals surface area contributed by atoms with Gasteiger partial charge in [0.05, 0.1) is 11.3 Å². The molecule has 33 heavy (non-hydrogen) atoms. The van der Waals surface area contributed by atoms with E-state index in [-0.39, 0.29) is 11.7 Å². The summed E-state index contributed by atoms with van der Waals surface area (Å²) in [5.41, 5.74) is 9.89. The zero-order chi connectivity index (χ0) is 23.4. The minimum atomic E-state index is -0.594. The van der Waals surface area contributed by atoms with Gasteiger partial charge in [-0.3, -0.25) is 30.2 Å². The summed E-state index contributed by atoms with van der Waals surface area (Å²) in [5, 5.41) is 4.77. The van der Waals surface area contributed by atoms with Crippen molar-refractivity contribution in [3.05, 3.63) is 87.6 Å². The summed E-state index contributed by atoms with van der Waals surface area (Å²) >= 11 is 5.82. The van der Waals surface area contributed by atoms with Crippen LogP contribution in [0.3, 0.4) is 0 Å². The minimum Gasteiger partial charge on any atom is -0.455 e. The van der Waals surface area contributed by atoms with Gasteiger partial charge >= 0.3 is 5.91 Å². The van der Waals surface area contributed by atoms with Crippen molar-refractivity contribution in [3.63, 3.8) is 0 Å². The third-order valence-corrected chi connectivity index (χ3v) is 5.40. The summed E-state index contributed by atoms with van der Waals surface area (Å²) in [4.78, 5) is 41.1. The number of halogens is 1. The zero-order valence-corrected chi connectivity index (χ0v) is 18.4. The molecule has 0 fully saturated rings. The Balaban J connectivity index is 1.47. The average Bonchev–Trinajstić information content (AvgIpc) is 3.19. The number of pyridine rings is 1. The minimum absolute atomic E-state index is 0.0737. The lowest BCUT2D eigenvalue weighted by molar-refractivity contribution is 0.0829. The number of fused-ring (bicyclic) bond motifs is 1. The molecule has 0 atom stereocenters. The second kappa shape index (κ2) is 9.66. The van der Waals surface area contributed by atoms with E-state index in [2.05, 4.69) is 26.4 Å². The number of hydrogen-bond donors (Lipinski definition) is 3. The first-order valence-electron chi connectivity index (χ1n) is 10.2. The molecule has 0 unspecified atom stereocenters. The first-order valence-corrected chi connectivity index (χ1v) is 10.6. The van der Waals surface area contributed by atoms with Crippen LogP contribution in [0.15, 0.2) is 58.3 Å². The largest absolute Gasteiger partial charge is 0.455 e. The van der Waals surface area contributed by atoms with E-state index in [1.807, 2.05) is 0 Å². The van der Waals surface area contributed by atoms with E-state index in [0.717, 1.165) is 6.42 Å². The molecule has 0 saturated heterocycles. The van der Waals surface area contributed by atoms with Crippen LogP contribution in [0.2, 0.25) is 5.02 Å². The Kier molecular flexibility index (Phi) is 6.50. The lowest BCUT2D eigenvalue weighted by Gasteiger charge is -2.13. The smallest absolute Gasteiger partial charge is 0.305 e. The Hall–Kier alpha value is -3.98. The van der Waals surface area contributed by atoms with Crippen molar-refractivity contribution in [1.82, 2.24) is 21.3 Å². The van der Waals surface area contributed by atoms with Gasteiger partial charge in [-0.15, -0.1) is 0 Å². The van der Waals surface area contributed by atoms with Crippen molar-refractivity contribution < 1.29 is 18.8 Å². The van der Waals surface area contributed by atoms with Crippen LogP contribution in [-0.4, -0.2) is 28.4 Å². The van der Waals surface area contributed by atoms with Gasteiger partial charge in [0.1, 0.15) is 5.76 Å². The number of nitrogens with one attached hydrogen (secondary N) is 3. The van der Waals surface area contributed by atoms with Crippen LogP contribution in [0, 0.1) is 6.92 Å². The first kappa shape index (κ1) is 22.2. The fraction of sp³-hybridized carbons (Fsp3) is 0.174. The van der Waals surface area contributed by atoms with Crippen LogP contribution < -0.4 is 16.3 Å².